The lowest BCUT2D eigenvalue weighted by Gasteiger charge is -2.16. The van der Waals surface area contributed by atoms with E-state index in [0.717, 1.165) is 11.3 Å². The molecule has 0 spiro atoms. The van der Waals surface area contributed by atoms with Crippen LogP contribution >= 0.6 is 0 Å². The van der Waals surface area contributed by atoms with Gasteiger partial charge < -0.3 is 14.6 Å². The molecule has 0 unspecified atom stereocenters. The first kappa shape index (κ1) is 16.7. The summed E-state index contributed by atoms with van der Waals surface area (Å²) in [6.07, 6.45) is 4.57. The first-order chi connectivity index (χ1) is 12.1. The molecule has 3 aromatic rings. The molecule has 5 nitrogen and oxygen atoms in total. The van der Waals surface area contributed by atoms with Crippen molar-refractivity contribution in [2.45, 2.75) is 19.6 Å². The molecular weight excluding hydrogens is 321 g/mol. The molecule has 0 aliphatic carbocycles. The van der Waals surface area contributed by atoms with E-state index in [9.17, 15) is 9.18 Å². The molecular formula is C19H18FN3O2. The molecule has 0 fully saturated rings. The number of amides is 1. The number of halogens is 1. The van der Waals surface area contributed by atoms with Crippen LogP contribution in [0.1, 0.15) is 12.5 Å². The Morgan fingerprint density at radius 2 is 2.00 bits per heavy atom. The van der Waals surface area contributed by atoms with Crippen LogP contribution in [0.25, 0.3) is 5.69 Å². The number of imidazole rings is 1. The first-order valence-corrected chi connectivity index (χ1v) is 7.89. The van der Waals surface area contributed by atoms with Crippen molar-refractivity contribution >= 4 is 5.91 Å². The number of para-hydroxylation sites is 1. The lowest BCUT2D eigenvalue weighted by molar-refractivity contribution is -0.127. The number of benzene rings is 2. The number of nitrogens with one attached hydrogen (secondary N) is 1. The van der Waals surface area contributed by atoms with Crippen LogP contribution in [-0.2, 0) is 11.3 Å². The summed E-state index contributed by atoms with van der Waals surface area (Å²) in [4.78, 5) is 16.3. The van der Waals surface area contributed by atoms with Gasteiger partial charge in [-0.15, -0.1) is 0 Å². The lowest BCUT2D eigenvalue weighted by Crippen LogP contribution is -2.36. The second-order valence-electron chi connectivity index (χ2n) is 5.53. The third-order valence-electron chi connectivity index (χ3n) is 3.72. The maximum absolute atomic E-state index is 12.9. The Kier molecular flexibility index (Phi) is 5.09. The van der Waals surface area contributed by atoms with Gasteiger partial charge in [0.25, 0.3) is 5.91 Å². The van der Waals surface area contributed by atoms with Gasteiger partial charge in [-0.05, 0) is 42.8 Å². The molecule has 1 N–H and O–H groups in total. The van der Waals surface area contributed by atoms with Crippen molar-refractivity contribution in [1.29, 1.82) is 0 Å². The highest BCUT2D eigenvalue weighted by Crippen LogP contribution is 2.15. The third-order valence-corrected chi connectivity index (χ3v) is 3.72. The minimum atomic E-state index is -0.689. The van der Waals surface area contributed by atoms with Gasteiger partial charge in [0.2, 0.25) is 0 Å². The predicted molar refractivity (Wildman–Crippen MR) is 91.9 cm³/mol. The monoisotopic (exact) mass is 339 g/mol. The van der Waals surface area contributed by atoms with Gasteiger partial charge in [-0.2, -0.15) is 0 Å². The normalized spacial score (nSPS) is 11.8. The molecule has 3 rings (SSSR count). The molecule has 1 aromatic heterocycles. The van der Waals surface area contributed by atoms with Crippen molar-refractivity contribution in [3.05, 3.63) is 78.6 Å². The molecule has 1 atom stereocenters. The Labute approximate surface area is 145 Å². The van der Waals surface area contributed by atoms with Crippen LogP contribution in [0.3, 0.4) is 0 Å². The number of ether oxygens (including phenoxy) is 1. The third kappa shape index (κ3) is 4.23. The van der Waals surface area contributed by atoms with E-state index in [0.29, 0.717) is 12.3 Å². The predicted octanol–water partition coefficient (Wildman–Crippen LogP) is 3.10. The molecule has 1 heterocycles. The fourth-order valence-electron chi connectivity index (χ4n) is 2.41. The topological polar surface area (TPSA) is 56.1 Å². The maximum atomic E-state index is 12.9. The van der Waals surface area contributed by atoms with Crippen LogP contribution in [0.2, 0.25) is 0 Å². The van der Waals surface area contributed by atoms with E-state index in [-0.39, 0.29) is 11.7 Å². The van der Waals surface area contributed by atoms with Crippen LogP contribution in [0.4, 0.5) is 4.39 Å². The van der Waals surface area contributed by atoms with Gasteiger partial charge in [-0.25, -0.2) is 9.37 Å². The van der Waals surface area contributed by atoms with Crippen LogP contribution in [0.5, 0.6) is 5.75 Å². The summed E-state index contributed by atoms with van der Waals surface area (Å²) < 4.78 is 20.3. The summed E-state index contributed by atoms with van der Waals surface area (Å²) in [5, 5.41) is 2.86. The van der Waals surface area contributed by atoms with Gasteiger partial charge in [0.15, 0.2) is 6.10 Å². The van der Waals surface area contributed by atoms with Gasteiger partial charge in [0.1, 0.15) is 11.6 Å². The summed E-state index contributed by atoms with van der Waals surface area (Å²) in [6, 6.07) is 13.3. The van der Waals surface area contributed by atoms with E-state index in [1.54, 1.807) is 19.4 Å². The standard InChI is InChI=1S/C19H18FN3O2/c1-14(25-17-8-6-16(20)7-9-17)19(24)22-12-15-4-2-3-5-18(15)23-11-10-21-13-23/h2-11,13-14H,12H2,1H3,(H,22,24)/t14-/m0/s1. The van der Waals surface area contributed by atoms with Gasteiger partial charge in [-0.3, -0.25) is 4.79 Å². The molecule has 128 valence electrons. The number of rotatable bonds is 6. The van der Waals surface area contributed by atoms with Crippen molar-refractivity contribution in [2.24, 2.45) is 0 Å². The van der Waals surface area contributed by atoms with Crippen molar-refractivity contribution in [2.75, 3.05) is 0 Å². The Morgan fingerprint density at radius 1 is 1.24 bits per heavy atom. The van der Waals surface area contributed by atoms with Gasteiger partial charge in [0, 0.05) is 18.9 Å². The molecule has 25 heavy (non-hydrogen) atoms. The van der Waals surface area contributed by atoms with Crippen LogP contribution in [-0.4, -0.2) is 21.6 Å². The Morgan fingerprint density at radius 3 is 2.72 bits per heavy atom. The lowest BCUT2D eigenvalue weighted by atomic mass is 10.1. The quantitative estimate of drug-likeness (QED) is 0.751. The van der Waals surface area contributed by atoms with Crippen LogP contribution in [0, 0.1) is 5.82 Å². The number of hydrogen-bond donors (Lipinski definition) is 1. The highest BCUT2D eigenvalue weighted by Gasteiger charge is 2.15. The molecule has 2 aromatic carbocycles. The number of hydrogen-bond acceptors (Lipinski definition) is 3. The summed E-state index contributed by atoms with van der Waals surface area (Å²) in [6.45, 7) is 2.02. The minimum Gasteiger partial charge on any atom is -0.481 e. The van der Waals surface area contributed by atoms with E-state index >= 15 is 0 Å². The fourth-order valence-corrected chi connectivity index (χ4v) is 2.41. The highest BCUT2D eigenvalue weighted by atomic mass is 19.1. The largest absolute Gasteiger partial charge is 0.481 e. The van der Waals surface area contributed by atoms with E-state index < -0.39 is 6.10 Å². The Hall–Kier alpha value is -3.15. The molecule has 0 aliphatic rings. The molecule has 0 bridgehead atoms. The van der Waals surface area contributed by atoms with Gasteiger partial charge in [0.05, 0.1) is 12.0 Å². The van der Waals surface area contributed by atoms with Crippen molar-refractivity contribution in [1.82, 2.24) is 14.9 Å². The number of nitrogens with zero attached hydrogens (tertiary/aromatic N) is 2. The zero-order valence-corrected chi connectivity index (χ0v) is 13.7. The molecule has 0 saturated heterocycles. The number of carbonyl (C=O) groups excluding carboxylic acids is 1. The van der Waals surface area contributed by atoms with E-state index in [4.69, 9.17) is 4.74 Å². The molecule has 1 amide bonds. The molecule has 0 radical (unpaired) electrons. The number of aromatic nitrogens is 2. The summed E-state index contributed by atoms with van der Waals surface area (Å²) in [5.74, 6) is -0.145. The minimum absolute atomic E-state index is 0.246. The van der Waals surface area contributed by atoms with Crippen molar-refractivity contribution in [3.63, 3.8) is 0 Å². The number of carbonyl (C=O) groups is 1. The average Bonchev–Trinajstić information content (AvgIpc) is 3.16. The first-order valence-electron chi connectivity index (χ1n) is 7.89. The van der Waals surface area contributed by atoms with Crippen molar-refractivity contribution < 1.29 is 13.9 Å². The molecule has 0 saturated carbocycles. The van der Waals surface area contributed by atoms with Crippen molar-refractivity contribution in [3.8, 4) is 11.4 Å². The van der Waals surface area contributed by atoms with Gasteiger partial charge in [-0.1, -0.05) is 18.2 Å². The van der Waals surface area contributed by atoms with Crippen LogP contribution in [0.15, 0.2) is 67.3 Å². The fraction of sp³-hybridized carbons (Fsp3) is 0.158. The highest BCUT2D eigenvalue weighted by molar-refractivity contribution is 5.80. The van der Waals surface area contributed by atoms with E-state index in [1.807, 2.05) is 35.0 Å². The second kappa shape index (κ2) is 7.61. The summed E-state index contributed by atoms with van der Waals surface area (Å²) in [7, 11) is 0. The second-order valence-corrected chi connectivity index (χ2v) is 5.53. The Bertz CT molecular complexity index is 832. The SMILES string of the molecule is C[C@H](Oc1ccc(F)cc1)C(=O)NCc1ccccc1-n1ccnc1. The zero-order valence-electron chi connectivity index (χ0n) is 13.7. The van der Waals surface area contributed by atoms with Gasteiger partial charge >= 0.3 is 0 Å². The smallest absolute Gasteiger partial charge is 0.261 e. The summed E-state index contributed by atoms with van der Waals surface area (Å²) in [5.41, 5.74) is 1.91. The molecule has 0 aliphatic heterocycles. The Balaban J connectivity index is 1.62. The maximum Gasteiger partial charge on any atom is 0.261 e. The van der Waals surface area contributed by atoms with E-state index in [2.05, 4.69) is 10.3 Å². The molecule has 6 heteroatoms. The summed E-state index contributed by atoms with van der Waals surface area (Å²) >= 11 is 0. The van der Waals surface area contributed by atoms with Crippen LogP contribution < -0.4 is 10.1 Å². The van der Waals surface area contributed by atoms with E-state index in [1.165, 1.54) is 24.3 Å². The zero-order chi connectivity index (χ0) is 17.6. The average molecular weight is 339 g/mol.